The van der Waals surface area contributed by atoms with Gasteiger partial charge in [-0.1, -0.05) is 19.4 Å². The fourth-order valence-electron chi connectivity index (χ4n) is 6.25. The van der Waals surface area contributed by atoms with Gasteiger partial charge in [0.05, 0.1) is 7.45 Å². The number of hydrogen-bond acceptors (Lipinski definition) is 4. The molecule has 0 spiro atoms. The number of rotatable bonds is 2. The fourth-order valence-corrected chi connectivity index (χ4v) is 6.25. The largest absolute Gasteiger partial charge is 0.393 e. The molecule has 0 saturated heterocycles. The van der Waals surface area contributed by atoms with E-state index < -0.39 is 53.4 Å². The second-order valence-electron chi connectivity index (χ2n) is 8.64. The predicted molar refractivity (Wildman–Crippen MR) is 93.7 cm³/mol. The van der Waals surface area contributed by atoms with Gasteiger partial charge in [-0.15, -0.1) is 0 Å². The topological polar surface area (TPSA) is 74.6 Å². The summed E-state index contributed by atoms with van der Waals surface area (Å²) in [7, 11) is 0. The highest BCUT2D eigenvalue weighted by atomic mass is 16.3. The molecular formula is C21H30O4. The van der Waals surface area contributed by atoms with Crippen molar-refractivity contribution >= 4 is 11.6 Å². The molecular weight excluding hydrogens is 316 g/mol. The number of aliphatic hydroxyl groups excluding tert-OH is 1. The third kappa shape index (κ3) is 2.33. The van der Waals surface area contributed by atoms with Gasteiger partial charge in [0.25, 0.3) is 0 Å². The molecule has 0 aromatic rings. The Hall–Kier alpha value is -1.00. The molecule has 0 amide bonds. The number of ketones is 2. The highest BCUT2D eigenvalue weighted by Crippen LogP contribution is 2.66. The Kier molecular flexibility index (Phi) is 3.04. The molecule has 4 aliphatic carbocycles. The van der Waals surface area contributed by atoms with E-state index in [9.17, 15) is 21.2 Å². The first-order chi connectivity index (χ1) is 13.3. The number of fused-ring (bicyclic) bond motifs is 5. The lowest BCUT2D eigenvalue weighted by atomic mass is 9.46. The Labute approximate surface area is 155 Å². The first-order valence-electron chi connectivity index (χ1n) is 11.4. The second kappa shape index (κ2) is 5.75. The van der Waals surface area contributed by atoms with Crippen molar-refractivity contribution in [2.24, 2.45) is 34.5 Å². The van der Waals surface area contributed by atoms with E-state index in [2.05, 4.69) is 0 Å². The van der Waals surface area contributed by atoms with E-state index in [1.165, 1.54) is 0 Å². The minimum absolute atomic E-state index is 0.0221. The Morgan fingerprint density at radius 1 is 1.36 bits per heavy atom. The zero-order valence-corrected chi connectivity index (χ0v) is 15.0. The Morgan fingerprint density at radius 3 is 2.84 bits per heavy atom. The van der Waals surface area contributed by atoms with Crippen LogP contribution in [0.2, 0.25) is 0 Å². The van der Waals surface area contributed by atoms with E-state index >= 15 is 0 Å². The summed E-state index contributed by atoms with van der Waals surface area (Å²) in [6, 6.07) is 0. The van der Waals surface area contributed by atoms with Crippen molar-refractivity contribution in [2.45, 2.75) is 64.8 Å². The molecule has 4 nitrogen and oxygen atoms in total. The molecule has 3 fully saturated rings. The van der Waals surface area contributed by atoms with Crippen LogP contribution in [-0.2, 0) is 9.59 Å². The summed E-state index contributed by atoms with van der Waals surface area (Å²) >= 11 is 0. The third-order valence-electron chi connectivity index (χ3n) is 7.54. The number of carbonyl (C=O) groups is 2. The lowest BCUT2D eigenvalue weighted by molar-refractivity contribution is -0.146. The standard InChI is InChI=1S/C21H30O4/c1-20-8-7-13(23)9-12(20)3-4-14-15-5-6-16(18(25)11-22)21(15,2)10-17(24)19(14)20/h9,14-17,19,22,24H,3-8,10-11H2,1-2H3/t14-,15-,16+,17-,19+,20-,21-/m0/s1/i10D2,17D,19D. The van der Waals surface area contributed by atoms with Crippen molar-refractivity contribution < 1.29 is 25.3 Å². The van der Waals surface area contributed by atoms with Gasteiger partial charge in [-0.25, -0.2) is 0 Å². The highest BCUT2D eigenvalue weighted by Gasteiger charge is 2.62. The molecule has 3 saturated carbocycles. The number of Topliss-reactive ketones (excluding diaryl/α,β-unsaturated/α-hetero) is 1. The summed E-state index contributed by atoms with van der Waals surface area (Å²) in [5.41, 5.74) is -1.57. The van der Waals surface area contributed by atoms with Gasteiger partial charge in [-0.3, -0.25) is 9.59 Å². The minimum atomic E-state index is -2.77. The van der Waals surface area contributed by atoms with Crippen LogP contribution < -0.4 is 0 Å². The Morgan fingerprint density at radius 2 is 2.12 bits per heavy atom. The van der Waals surface area contributed by atoms with Gasteiger partial charge in [-0.2, -0.15) is 0 Å². The first kappa shape index (κ1) is 13.2. The van der Waals surface area contributed by atoms with Crippen LogP contribution in [0.1, 0.15) is 64.2 Å². The molecule has 0 bridgehead atoms. The average molecular weight is 350 g/mol. The normalized spacial score (nSPS) is 59.3. The van der Waals surface area contributed by atoms with Crippen molar-refractivity contribution in [3.05, 3.63) is 11.6 Å². The van der Waals surface area contributed by atoms with Gasteiger partial charge < -0.3 is 10.2 Å². The summed E-state index contributed by atoms with van der Waals surface area (Å²) in [4.78, 5) is 24.5. The second-order valence-corrected chi connectivity index (χ2v) is 8.64. The molecule has 0 unspecified atom stereocenters. The fraction of sp³-hybridized carbons (Fsp3) is 0.810. The van der Waals surface area contributed by atoms with E-state index in [1.807, 2.05) is 0 Å². The summed E-state index contributed by atoms with van der Waals surface area (Å²) < 4.78 is 36.3. The van der Waals surface area contributed by atoms with Crippen LogP contribution in [0.3, 0.4) is 0 Å². The molecule has 4 heteroatoms. The molecule has 25 heavy (non-hydrogen) atoms. The van der Waals surface area contributed by atoms with Gasteiger partial charge in [0.2, 0.25) is 0 Å². The van der Waals surface area contributed by atoms with Crippen LogP contribution in [0.4, 0.5) is 0 Å². The summed E-state index contributed by atoms with van der Waals surface area (Å²) in [5.74, 6) is -3.92. The monoisotopic (exact) mass is 350 g/mol. The smallest absolute Gasteiger partial charge is 0.161 e. The van der Waals surface area contributed by atoms with Gasteiger partial charge in [0, 0.05) is 16.5 Å². The lowest BCUT2D eigenvalue weighted by Gasteiger charge is -2.59. The van der Waals surface area contributed by atoms with E-state index in [4.69, 9.17) is 4.11 Å². The number of allylic oxidation sites excluding steroid dienone is 1. The minimum Gasteiger partial charge on any atom is -0.393 e. The average Bonchev–Trinajstić information content (AvgIpc) is 3.01. The van der Waals surface area contributed by atoms with E-state index in [1.54, 1.807) is 19.9 Å². The molecule has 7 atom stereocenters. The van der Waals surface area contributed by atoms with Gasteiger partial charge in [0.15, 0.2) is 11.6 Å². The summed E-state index contributed by atoms with van der Waals surface area (Å²) in [6.45, 7) is 2.73. The zero-order valence-electron chi connectivity index (χ0n) is 19.0. The van der Waals surface area contributed by atoms with E-state index in [0.717, 1.165) is 5.57 Å². The zero-order chi connectivity index (χ0) is 21.6. The van der Waals surface area contributed by atoms with Gasteiger partial charge >= 0.3 is 0 Å². The Bertz CT molecular complexity index is 809. The predicted octanol–water partition coefficient (Wildman–Crippen LogP) is 2.67. The lowest BCUT2D eigenvalue weighted by Crippen LogP contribution is -2.57. The molecule has 0 aliphatic heterocycles. The van der Waals surface area contributed by atoms with Crippen molar-refractivity contribution in [2.75, 3.05) is 6.61 Å². The van der Waals surface area contributed by atoms with Crippen LogP contribution in [0, 0.1) is 34.5 Å². The Balaban J connectivity index is 1.93. The quantitative estimate of drug-likeness (QED) is 0.803. The van der Waals surface area contributed by atoms with Crippen LogP contribution in [0.25, 0.3) is 0 Å². The van der Waals surface area contributed by atoms with Crippen molar-refractivity contribution in [1.29, 1.82) is 0 Å². The third-order valence-corrected chi connectivity index (χ3v) is 7.54. The van der Waals surface area contributed by atoms with Crippen molar-refractivity contribution in [3.8, 4) is 0 Å². The molecule has 138 valence electrons. The van der Waals surface area contributed by atoms with Crippen LogP contribution >= 0.6 is 0 Å². The number of carbonyl (C=O) groups excluding carboxylic acids is 2. The van der Waals surface area contributed by atoms with Crippen LogP contribution in [0.15, 0.2) is 11.6 Å². The molecule has 2 N–H and O–H groups in total. The SMILES string of the molecule is [2H]C1([2H])[C@]2(C)[C@@H](C(=O)CO)CC[C@H]2[C@@H]2CCC3=CC(=O)CC[C@]3(C)[C@@]2([2H])[C@@]1([2H])O. The molecule has 0 aromatic heterocycles. The molecule has 4 aliphatic rings. The van der Waals surface area contributed by atoms with Gasteiger partial charge in [-0.05, 0) is 73.1 Å². The molecule has 0 aromatic carbocycles. The summed E-state index contributed by atoms with van der Waals surface area (Å²) in [6.07, 6.45) is -1.25. The van der Waals surface area contributed by atoms with E-state index in [-0.39, 0.29) is 18.1 Å². The maximum atomic E-state index is 12.5. The van der Waals surface area contributed by atoms with Crippen LogP contribution in [-0.4, -0.2) is 34.5 Å². The molecule has 0 radical (unpaired) electrons. The van der Waals surface area contributed by atoms with E-state index in [0.29, 0.717) is 32.1 Å². The first-order valence-corrected chi connectivity index (χ1v) is 9.40. The van der Waals surface area contributed by atoms with Crippen molar-refractivity contribution in [3.63, 3.8) is 0 Å². The van der Waals surface area contributed by atoms with Crippen LogP contribution in [0.5, 0.6) is 0 Å². The molecule has 0 heterocycles. The molecule has 4 rings (SSSR count). The maximum Gasteiger partial charge on any atom is 0.161 e. The number of aliphatic hydroxyl groups is 2. The highest BCUT2D eigenvalue weighted by molar-refractivity contribution is 5.91. The maximum absolute atomic E-state index is 12.5. The van der Waals surface area contributed by atoms with Crippen molar-refractivity contribution in [1.82, 2.24) is 0 Å². The number of hydrogen-bond donors (Lipinski definition) is 2. The van der Waals surface area contributed by atoms with Gasteiger partial charge in [0.1, 0.15) is 6.61 Å². The summed E-state index contributed by atoms with van der Waals surface area (Å²) in [5, 5.41) is 21.0.